The van der Waals surface area contributed by atoms with E-state index in [9.17, 15) is 4.79 Å². The van der Waals surface area contributed by atoms with E-state index in [4.69, 9.17) is 5.11 Å². The number of carbonyl (C=O) groups is 1. The Balaban J connectivity index is 2.36. The van der Waals surface area contributed by atoms with Crippen LogP contribution in [0.15, 0.2) is 0 Å². The number of carbonyl (C=O) groups excluding carboxylic acids is 1. The maximum atomic E-state index is 12.2. The van der Waals surface area contributed by atoms with Crippen LogP contribution in [0.2, 0.25) is 0 Å². The lowest BCUT2D eigenvalue weighted by Crippen LogP contribution is -2.43. The van der Waals surface area contributed by atoms with Crippen molar-refractivity contribution in [1.82, 2.24) is 4.90 Å². The summed E-state index contributed by atoms with van der Waals surface area (Å²) >= 11 is 0. The van der Waals surface area contributed by atoms with Gasteiger partial charge in [-0.05, 0) is 19.3 Å². The van der Waals surface area contributed by atoms with Crippen molar-refractivity contribution in [2.24, 2.45) is 0 Å². The van der Waals surface area contributed by atoms with Crippen molar-refractivity contribution in [3.63, 3.8) is 0 Å². The molecule has 0 heterocycles. The van der Waals surface area contributed by atoms with Gasteiger partial charge in [0.1, 0.15) is 0 Å². The number of nitrogens with zero attached hydrogens (tertiary/aromatic N) is 1. The first-order valence-corrected chi connectivity index (χ1v) is 7.70. The van der Waals surface area contributed by atoms with Crippen LogP contribution in [0, 0.1) is 0 Å². The van der Waals surface area contributed by atoms with E-state index in [2.05, 4.69) is 6.92 Å². The molecule has 0 unspecified atom stereocenters. The highest BCUT2D eigenvalue weighted by Gasteiger charge is 2.24. The molecule has 3 nitrogen and oxygen atoms in total. The average molecular weight is 255 g/mol. The van der Waals surface area contributed by atoms with Crippen molar-refractivity contribution < 1.29 is 9.90 Å². The van der Waals surface area contributed by atoms with Gasteiger partial charge < -0.3 is 10.0 Å². The lowest BCUT2D eigenvalue weighted by Gasteiger charge is -2.34. The van der Waals surface area contributed by atoms with Gasteiger partial charge in [-0.3, -0.25) is 4.79 Å². The van der Waals surface area contributed by atoms with Crippen LogP contribution < -0.4 is 0 Å². The maximum Gasteiger partial charge on any atom is 0.222 e. The fourth-order valence-corrected chi connectivity index (χ4v) is 2.86. The van der Waals surface area contributed by atoms with Crippen LogP contribution in [0.5, 0.6) is 0 Å². The van der Waals surface area contributed by atoms with Gasteiger partial charge in [-0.15, -0.1) is 0 Å². The van der Waals surface area contributed by atoms with Crippen molar-refractivity contribution in [1.29, 1.82) is 0 Å². The molecule has 1 saturated carbocycles. The molecule has 0 aliphatic heterocycles. The van der Waals surface area contributed by atoms with Gasteiger partial charge in [0, 0.05) is 19.0 Å². The fourth-order valence-electron chi connectivity index (χ4n) is 2.86. The molecule has 106 valence electrons. The van der Waals surface area contributed by atoms with Crippen LogP contribution in [-0.2, 0) is 4.79 Å². The molecule has 0 atom stereocenters. The third kappa shape index (κ3) is 5.38. The van der Waals surface area contributed by atoms with Crippen molar-refractivity contribution in [2.75, 3.05) is 13.2 Å². The molecule has 0 aromatic rings. The highest BCUT2D eigenvalue weighted by molar-refractivity contribution is 5.76. The summed E-state index contributed by atoms with van der Waals surface area (Å²) in [5.41, 5.74) is 0. The molecular weight excluding hydrogens is 226 g/mol. The van der Waals surface area contributed by atoms with Crippen molar-refractivity contribution in [3.8, 4) is 0 Å². The second-order valence-corrected chi connectivity index (χ2v) is 5.41. The molecule has 1 N–H and O–H groups in total. The third-order valence-electron chi connectivity index (χ3n) is 3.92. The zero-order valence-corrected chi connectivity index (χ0v) is 11.9. The van der Waals surface area contributed by atoms with E-state index in [1.54, 1.807) is 0 Å². The molecule has 1 fully saturated rings. The van der Waals surface area contributed by atoms with Crippen molar-refractivity contribution in [2.45, 2.75) is 77.2 Å². The summed E-state index contributed by atoms with van der Waals surface area (Å²) in [7, 11) is 0. The highest BCUT2D eigenvalue weighted by Crippen LogP contribution is 2.23. The number of aliphatic hydroxyl groups is 1. The summed E-state index contributed by atoms with van der Waals surface area (Å²) < 4.78 is 0. The molecule has 1 amide bonds. The summed E-state index contributed by atoms with van der Waals surface area (Å²) in [6.07, 6.45) is 11.3. The van der Waals surface area contributed by atoms with Crippen LogP contribution in [0.3, 0.4) is 0 Å². The summed E-state index contributed by atoms with van der Waals surface area (Å²) in [6, 6.07) is 0.393. The SMILES string of the molecule is CCCCCCC(=O)N(CCO)C1CCCCC1. The minimum atomic E-state index is 0.0944. The quantitative estimate of drug-likeness (QED) is 0.677. The van der Waals surface area contributed by atoms with Crippen molar-refractivity contribution in [3.05, 3.63) is 0 Å². The zero-order chi connectivity index (χ0) is 13.2. The number of amides is 1. The summed E-state index contributed by atoms with van der Waals surface area (Å²) in [4.78, 5) is 14.2. The summed E-state index contributed by atoms with van der Waals surface area (Å²) in [5.74, 6) is 0.257. The van der Waals surface area contributed by atoms with Gasteiger partial charge in [-0.1, -0.05) is 45.4 Å². The molecule has 0 spiro atoms. The first-order valence-electron chi connectivity index (χ1n) is 7.70. The number of aliphatic hydroxyl groups excluding tert-OH is 1. The molecule has 18 heavy (non-hydrogen) atoms. The molecule has 0 saturated heterocycles. The Hall–Kier alpha value is -0.570. The molecule has 1 aliphatic rings. The van der Waals surface area contributed by atoms with Gasteiger partial charge in [0.2, 0.25) is 5.91 Å². The van der Waals surface area contributed by atoms with E-state index >= 15 is 0 Å². The smallest absolute Gasteiger partial charge is 0.222 e. The van der Waals surface area contributed by atoms with Gasteiger partial charge in [-0.25, -0.2) is 0 Å². The Morgan fingerprint density at radius 1 is 1.17 bits per heavy atom. The van der Waals surface area contributed by atoms with Crippen LogP contribution in [0.25, 0.3) is 0 Å². The molecule has 0 aromatic carbocycles. The van der Waals surface area contributed by atoms with Gasteiger partial charge >= 0.3 is 0 Å². The normalized spacial score (nSPS) is 16.8. The van der Waals surface area contributed by atoms with E-state index < -0.39 is 0 Å². The van der Waals surface area contributed by atoms with E-state index in [0.29, 0.717) is 19.0 Å². The van der Waals surface area contributed by atoms with E-state index in [0.717, 1.165) is 25.7 Å². The molecule has 3 heteroatoms. The Kier molecular flexibility index (Phi) is 8.06. The van der Waals surface area contributed by atoms with E-state index in [1.165, 1.54) is 32.1 Å². The number of rotatable bonds is 8. The largest absolute Gasteiger partial charge is 0.395 e. The van der Waals surface area contributed by atoms with E-state index in [-0.39, 0.29) is 12.5 Å². The topological polar surface area (TPSA) is 40.5 Å². The molecular formula is C15H29NO2. The highest BCUT2D eigenvalue weighted by atomic mass is 16.3. The van der Waals surface area contributed by atoms with Crippen LogP contribution in [-0.4, -0.2) is 35.1 Å². The predicted molar refractivity (Wildman–Crippen MR) is 74.4 cm³/mol. The molecule has 1 aliphatic carbocycles. The number of hydrogen-bond donors (Lipinski definition) is 1. The third-order valence-corrected chi connectivity index (χ3v) is 3.92. The Labute approximate surface area is 112 Å². The monoisotopic (exact) mass is 255 g/mol. The second kappa shape index (κ2) is 9.37. The minimum absolute atomic E-state index is 0.0944. The lowest BCUT2D eigenvalue weighted by molar-refractivity contribution is -0.135. The van der Waals surface area contributed by atoms with Crippen molar-refractivity contribution >= 4 is 5.91 Å². The summed E-state index contributed by atoms with van der Waals surface area (Å²) in [5, 5.41) is 9.13. The molecule has 0 radical (unpaired) electrons. The fraction of sp³-hybridized carbons (Fsp3) is 0.933. The van der Waals surface area contributed by atoms with Gasteiger partial charge in [0.25, 0.3) is 0 Å². The van der Waals surface area contributed by atoms with Crippen LogP contribution in [0.4, 0.5) is 0 Å². The molecule has 1 rings (SSSR count). The maximum absolute atomic E-state index is 12.2. The second-order valence-electron chi connectivity index (χ2n) is 5.41. The van der Waals surface area contributed by atoms with Crippen LogP contribution in [0.1, 0.15) is 71.1 Å². The Morgan fingerprint density at radius 3 is 2.50 bits per heavy atom. The first-order chi connectivity index (χ1) is 8.79. The molecule has 0 bridgehead atoms. The zero-order valence-electron chi connectivity index (χ0n) is 11.9. The predicted octanol–water partition coefficient (Wildman–Crippen LogP) is 3.11. The van der Waals surface area contributed by atoms with Gasteiger partial charge in [0.15, 0.2) is 0 Å². The Bertz CT molecular complexity index is 225. The number of hydrogen-bond acceptors (Lipinski definition) is 2. The Morgan fingerprint density at radius 2 is 1.89 bits per heavy atom. The number of unbranched alkanes of at least 4 members (excludes halogenated alkanes) is 3. The molecule has 0 aromatic heterocycles. The standard InChI is InChI=1S/C15H29NO2/c1-2-3-4-8-11-15(18)16(12-13-17)14-9-6-5-7-10-14/h14,17H,2-13H2,1H3. The van der Waals surface area contributed by atoms with Gasteiger partial charge in [-0.2, -0.15) is 0 Å². The lowest BCUT2D eigenvalue weighted by atomic mass is 9.94. The minimum Gasteiger partial charge on any atom is -0.395 e. The van der Waals surface area contributed by atoms with Gasteiger partial charge in [0.05, 0.1) is 6.61 Å². The summed E-state index contributed by atoms with van der Waals surface area (Å²) in [6.45, 7) is 2.80. The first kappa shape index (κ1) is 15.5. The van der Waals surface area contributed by atoms with E-state index in [1.807, 2.05) is 4.90 Å². The van der Waals surface area contributed by atoms with Crippen LogP contribution >= 0.6 is 0 Å². The average Bonchev–Trinajstić information content (AvgIpc) is 2.41.